The van der Waals surface area contributed by atoms with E-state index < -0.39 is 0 Å². The molecule has 3 aromatic carbocycles. The molecule has 6 nitrogen and oxygen atoms in total. The van der Waals surface area contributed by atoms with Crippen LogP contribution in [-0.4, -0.2) is 25.2 Å². The molecule has 0 unspecified atom stereocenters. The molecule has 0 atom stereocenters. The van der Waals surface area contributed by atoms with Crippen LogP contribution in [0.5, 0.6) is 11.5 Å². The van der Waals surface area contributed by atoms with Crippen LogP contribution in [0.2, 0.25) is 5.02 Å². The Labute approximate surface area is 184 Å². The van der Waals surface area contributed by atoms with E-state index in [0.29, 0.717) is 22.1 Å². The monoisotopic (exact) mass is 433 g/mol. The van der Waals surface area contributed by atoms with Gasteiger partial charge in [-0.25, -0.2) is 9.78 Å². The number of halogens is 1. The van der Waals surface area contributed by atoms with Gasteiger partial charge in [0.05, 0.1) is 25.4 Å². The lowest BCUT2D eigenvalue weighted by Gasteiger charge is -2.12. The maximum Gasteiger partial charge on any atom is 0.323 e. The third-order valence-corrected chi connectivity index (χ3v) is 4.99. The second-order valence-corrected chi connectivity index (χ2v) is 7.19. The highest BCUT2D eigenvalue weighted by Gasteiger charge is 2.11. The molecule has 1 heterocycles. The minimum atomic E-state index is -0.353. The van der Waals surface area contributed by atoms with Crippen molar-refractivity contribution in [3.63, 3.8) is 0 Å². The van der Waals surface area contributed by atoms with E-state index in [-0.39, 0.29) is 6.03 Å². The molecule has 0 aliphatic carbocycles. The van der Waals surface area contributed by atoms with Gasteiger partial charge in [-0.15, -0.1) is 0 Å². The molecule has 0 bridgehead atoms. The summed E-state index contributed by atoms with van der Waals surface area (Å²) >= 11 is 5.99. The van der Waals surface area contributed by atoms with Crippen molar-refractivity contribution in [2.45, 2.75) is 0 Å². The van der Waals surface area contributed by atoms with Crippen molar-refractivity contribution < 1.29 is 14.3 Å². The zero-order valence-electron chi connectivity index (χ0n) is 17.0. The topological polar surface area (TPSA) is 72.5 Å². The third-order valence-electron chi connectivity index (χ3n) is 4.74. The van der Waals surface area contributed by atoms with Gasteiger partial charge in [0, 0.05) is 33.4 Å². The molecule has 0 aliphatic heterocycles. The normalized spacial score (nSPS) is 10.5. The second kappa shape index (κ2) is 8.93. The van der Waals surface area contributed by atoms with Crippen LogP contribution in [0.4, 0.5) is 16.2 Å². The highest BCUT2D eigenvalue weighted by molar-refractivity contribution is 6.30. The molecule has 7 heteroatoms. The average molecular weight is 434 g/mol. The number of rotatable bonds is 5. The van der Waals surface area contributed by atoms with E-state index in [9.17, 15) is 4.79 Å². The summed E-state index contributed by atoms with van der Waals surface area (Å²) in [5.41, 5.74) is 3.75. The molecule has 4 aromatic rings. The Balaban J connectivity index is 1.57. The van der Waals surface area contributed by atoms with Crippen LogP contribution in [0.1, 0.15) is 0 Å². The van der Waals surface area contributed by atoms with Gasteiger partial charge in [-0.1, -0.05) is 23.7 Å². The van der Waals surface area contributed by atoms with E-state index >= 15 is 0 Å². The Morgan fingerprint density at radius 3 is 2.19 bits per heavy atom. The van der Waals surface area contributed by atoms with E-state index in [1.807, 2.05) is 42.5 Å². The zero-order chi connectivity index (χ0) is 21.8. The summed E-state index contributed by atoms with van der Waals surface area (Å²) in [7, 11) is 3.20. The van der Waals surface area contributed by atoms with E-state index in [4.69, 9.17) is 26.1 Å². The summed E-state index contributed by atoms with van der Waals surface area (Å²) in [6, 6.07) is 21.6. The Morgan fingerprint density at radius 2 is 1.52 bits per heavy atom. The van der Waals surface area contributed by atoms with E-state index in [2.05, 4.69) is 10.6 Å². The number of aromatic nitrogens is 1. The summed E-state index contributed by atoms with van der Waals surface area (Å²) in [5, 5.41) is 7.09. The van der Waals surface area contributed by atoms with Crippen molar-refractivity contribution >= 4 is 39.9 Å². The second-order valence-electron chi connectivity index (χ2n) is 6.76. The minimum Gasteiger partial charge on any atom is -0.497 e. The van der Waals surface area contributed by atoms with Gasteiger partial charge < -0.3 is 20.1 Å². The van der Waals surface area contributed by atoms with Gasteiger partial charge in [-0.05, 0) is 54.6 Å². The molecule has 156 valence electrons. The fraction of sp³-hybridized carbons (Fsp3) is 0.0833. The summed E-state index contributed by atoms with van der Waals surface area (Å²) in [4.78, 5) is 17.1. The molecule has 0 aliphatic rings. The predicted molar refractivity (Wildman–Crippen MR) is 124 cm³/mol. The fourth-order valence-electron chi connectivity index (χ4n) is 3.18. The molecule has 0 saturated heterocycles. The number of fused-ring (bicyclic) bond motifs is 1. The van der Waals surface area contributed by atoms with Crippen LogP contribution in [0, 0.1) is 0 Å². The minimum absolute atomic E-state index is 0.353. The molecule has 0 radical (unpaired) electrons. The Kier molecular flexibility index (Phi) is 5.91. The summed E-state index contributed by atoms with van der Waals surface area (Å²) in [6.07, 6.45) is 0. The number of hydrogen-bond donors (Lipinski definition) is 2. The van der Waals surface area contributed by atoms with Gasteiger partial charge in [0.15, 0.2) is 0 Å². The van der Waals surface area contributed by atoms with Crippen LogP contribution < -0.4 is 20.1 Å². The van der Waals surface area contributed by atoms with Gasteiger partial charge in [0.2, 0.25) is 0 Å². The highest BCUT2D eigenvalue weighted by atomic mass is 35.5. The number of methoxy groups -OCH3 is 2. The summed E-state index contributed by atoms with van der Waals surface area (Å²) in [6.45, 7) is 0. The molecule has 2 N–H and O–H groups in total. The Bertz CT molecular complexity index is 1230. The number of anilines is 2. The standard InChI is InChI=1S/C24H20ClN3O3/c1-30-19-10-7-17(8-11-19)26-24(29)27-18-9-12-21-20(13-18)23(31-2)14-22(28-21)15-3-5-16(25)6-4-15/h3-14H,1-2H3,(H2,26,27,29). The quantitative estimate of drug-likeness (QED) is 0.392. The highest BCUT2D eigenvalue weighted by Crippen LogP contribution is 2.32. The molecular weight excluding hydrogens is 414 g/mol. The number of carbonyl (C=O) groups is 1. The van der Waals surface area contributed by atoms with Crippen molar-refractivity contribution in [2.24, 2.45) is 0 Å². The molecule has 0 spiro atoms. The molecule has 1 aromatic heterocycles. The Morgan fingerprint density at radius 1 is 0.839 bits per heavy atom. The average Bonchev–Trinajstić information content (AvgIpc) is 2.79. The molecule has 4 rings (SSSR count). The van der Waals surface area contributed by atoms with Gasteiger partial charge in [-0.2, -0.15) is 0 Å². The number of benzene rings is 3. The van der Waals surface area contributed by atoms with Crippen molar-refractivity contribution in [1.82, 2.24) is 4.98 Å². The molecule has 31 heavy (non-hydrogen) atoms. The first-order chi connectivity index (χ1) is 15.1. The lowest BCUT2D eigenvalue weighted by Crippen LogP contribution is -2.19. The van der Waals surface area contributed by atoms with Gasteiger partial charge in [0.25, 0.3) is 0 Å². The number of pyridine rings is 1. The van der Waals surface area contributed by atoms with Crippen LogP contribution in [-0.2, 0) is 0 Å². The number of nitrogens with one attached hydrogen (secondary N) is 2. The van der Waals surface area contributed by atoms with Crippen molar-refractivity contribution in [3.05, 3.63) is 77.8 Å². The number of ether oxygens (including phenoxy) is 2. The van der Waals surface area contributed by atoms with Crippen molar-refractivity contribution in [3.8, 4) is 22.8 Å². The number of carbonyl (C=O) groups excluding carboxylic acids is 1. The molecule has 2 amide bonds. The first kappa shape index (κ1) is 20.5. The van der Waals surface area contributed by atoms with Crippen LogP contribution >= 0.6 is 11.6 Å². The van der Waals surface area contributed by atoms with Gasteiger partial charge in [-0.3, -0.25) is 0 Å². The predicted octanol–water partition coefficient (Wildman–Crippen LogP) is 6.22. The first-order valence-corrected chi connectivity index (χ1v) is 9.90. The summed E-state index contributed by atoms with van der Waals surface area (Å²) in [5.74, 6) is 1.38. The summed E-state index contributed by atoms with van der Waals surface area (Å²) < 4.78 is 10.7. The molecule has 0 fully saturated rings. The SMILES string of the molecule is COc1ccc(NC(=O)Nc2ccc3nc(-c4ccc(Cl)cc4)cc(OC)c3c2)cc1. The smallest absolute Gasteiger partial charge is 0.323 e. The first-order valence-electron chi connectivity index (χ1n) is 9.52. The van der Waals surface area contributed by atoms with Crippen LogP contribution in [0.3, 0.4) is 0 Å². The third kappa shape index (κ3) is 4.70. The van der Waals surface area contributed by atoms with E-state index in [1.165, 1.54) is 0 Å². The van der Waals surface area contributed by atoms with Crippen LogP contribution in [0.15, 0.2) is 72.8 Å². The Hall–Kier alpha value is -3.77. The van der Waals surface area contributed by atoms with Gasteiger partial charge >= 0.3 is 6.03 Å². The number of urea groups is 1. The van der Waals surface area contributed by atoms with E-state index in [1.54, 1.807) is 44.6 Å². The van der Waals surface area contributed by atoms with E-state index in [0.717, 1.165) is 27.9 Å². The molecule has 0 saturated carbocycles. The lowest BCUT2D eigenvalue weighted by atomic mass is 10.1. The van der Waals surface area contributed by atoms with Crippen LogP contribution in [0.25, 0.3) is 22.2 Å². The number of amides is 2. The number of nitrogens with zero attached hydrogens (tertiary/aromatic N) is 1. The maximum absolute atomic E-state index is 12.4. The van der Waals surface area contributed by atoms with Crippen molar-refractivity contribution in [2.75, 3.05) is 24.9 Å². The van der Waals surface area contributed by atoms with Crippen molar-refractivity contribution in [1.29, 1.82) is 0 Å². The fourth-order valence-corrected chi connectivity index (χ4v) is 3.30. The number of hydrogen-bond acceptors (Lipinski definition) is 4. The molecular formula is C24H20ClN3O3. The largest absolute Gasteiger partial charge is 0.497 e. The lowest BCUT2D eigenvalue weighted by molar-refractivity contribution is 0.262. The maximum atomic E-state index is 12.4. The zero-order valence-corrected chi connectivity index (χ0v) is 17.7. The van der Waals surface area contributed by atoms with Gasteiger partial charge in [0.1, 0.15) is 11.5 Å².